The number of fused-ring (bicyclic) bond motifs is 1. The quantitative estimate of drug-likeness (QED) is 0.471. The van der Waals surface area contributed by atoms with E-state index in [4.69, 9.17) is 4.74 Å². The number of hydrogen-bond donors (Lipinski definition) is 3. The number of aliphatic hydroxyl groups is 3. The Morgan fingerprint density at radius 3 is 2.59 bits per heavy atom. The molecule has 0 spiro atoms. The normalized spacial score (nSPS) is 20.5. The summed E-state index contributed by atoms with van der Waals surface area (Å²) in [6, 6.07) is 5.61. The number of likely N-dealkylation sites (tertiary alicyclic amines) is 1. The zero-order chi connectivity index (χ0) is 24.0. The van der Waals surface area contributed by atoms with Gasteiger partial charge in [-0.2, -0.15) is 0 Å². The highest BCUT2D eigenvalue weighted by molar-refractivity contribution is 5.85. The van der Waals surface area contributed by atoms with E-state index in [1.54, 1.807) is 13.3 Å². The lowest BCUT2D eigenvalue weighted by atomic mass is 9.74. The number of methoxy groups -OCH3 is 1. The van der Waals surface area contributed by atoms with Crippen molar-refractivity contribution in [2.75, 3.05) is 33.4 Å². The van der Waals surface area contributed by atoms with Crippen molar-refractivity contribution in [2.45, 2.75) is 76.9 Å². The Kier molecular flexibility index (Phi) is 8.81. The Morgan fingerprint density at radius 2 is 1.91 bits per heavy atom. The SMILES string of the molecule is COc1ccc2ncc(CO)c([C@H](O)CCC3(CO)CCN(CCC4CCCCC4)CC3)c2c1. The summed E-state index contributed by atoms with van der Waals surface area (Å²) < 4.78 is 5.38. The summed E-state index contributed by atoms with van der Waals surface area (Å²) in [7, 11) is 1.62. The predicted molar refractivity (Wildman–Crippen MR) is 135 cm³/mol. The van der Waals surface area contributed by atoms with E-state index in [1.165, 1.54) is 45.1 Å². The number of pyridine rings is 1. The summed E-state index contributed by atoms with van der Waals surface area (Å²) in [6.45, 7) is 3.22. The van der Waals surface area contributed by atoms with E-state index in [0.717, 1.165) is 54.7 Å². The minimum atomic E-state index is -0.729. The highest BCUT2D eigenvalue weighted by Gasteiger charge is 2.35. The molecule has 0 radical (unpaired) electrons. The Hall–Kier alpha value is -1.73. The van der Waals surface area contributed by atoms with Gasteiger partial charge in [-0.05, 0) is 86.8 Å². The molecule has 0 unspecified atom stereocenters. The minimum absolute atomic E-state index is 0.137. The van der Waals surface area contributed by atoms with Gasteiger partial charge in [0.2, 0.25) is 0 Å². The molecule has 1 saturated heterocycles. The van der Waals surface area contributed by atoms with Crippen LogP contribution in [-0.4, -0.2) is 58.6 Å². The molecule has 6 heteroatoms. The average molecular weight is 471 g/mol. The van der Waals surface area contributed by atoms with Gasteiger partial charge < -0.3 is 25.0 Å². The smallest absolute Gasteiger partial charge is 0.119 e. The van der Waals surface area contributed by atoms with Crippen LogP contribution >= 0.6 is 0 Å². The summed E-state index contributed by atoms with van der Waals surface area (Å²) >= 11 is 0. The van der Waals surface area contributed by atoms with Crippen molar-refractivity contribution in [3.63, 3.8) is 0 Å². The van der Waals surface area contributed by atoms with Crippen LogP contribution in [0.5, 0.6) is 5.75 Å². The minimum Gasteiger partial charge on any atom is -0.497 e. The van der Waals surface area contributed by atoms with Gasteiger partial charge in [-0.15, -0.1) is 0 Å². The second-order valence-electron chi connectivity index (χ2n) is 10.6. The number of aromatic nitrogens is 1. The molecule has 1 aliphatic carbocycles. The van der Waals surface area contributed by atoms with Crippen molar-refractivity contribution >= 4 is 10.9 Å². The molecule has 0 bridgehead atoms. The zero-order valence-electron chi connectivity index (χ0n) is 20.7. The van der Waals surface area contributed by atoms with Gasteiger partial charge in [0.1, 0.15) is 5.75 Å². The highest BCUT2D eigenvalue weighted by Crippen LogP contribution is 2.40. The second kappa shape index (κ2) is 11.8. The van der Waals surface area contributed by atoms with Gasteiger partial charge in [0, 0.05) is 23.8 Å². The van der Waals surface area contributed by atoms with E-state index in [0.29, 0.717) is 17.7 Å². The van der Waals surface area contributed by atoms with Gasteiger partial charge in [-0.3, -0.25) is 4.98 Å². The topological polar surface area (TPSA) is 86.0 Å². The lowest BCUT2D eigenvalue weighted by Gasteiger charge is -2.41. The molecule has 2 aliphatic rings. The van der Waals surface area contributed by atoms with Gasteiger partial charge in [-0.25, -0.2) is 0 Å². The van der Waals surface area contributed by atoms with Crippen molar-refractivity contribution < 1.29 is 20.1 Å². The molecule has 1 aromatic heterocycles. The van der Waals surface area contributed by atoms with Crippen LogP contribution in [0.15, 0.2) is 24.4 Å². The molecule has 0 amide bonds. The lowest BCUT2D eigenvalue weighted by molar-refractivity contribution is 0.0216. The van der Waals surface area contributed by atoms with E-state index in [-0.39, 0.29) is 18.6 Å². The van der Waals surface area contributed by atoms with Crippen molar-refractivity contribution in [3.8, 4) is 5.75 Å². The number of piperidine rings is 1. The summed E-state index contributed by atoms with van der Waals surface area (Å²) in [6.07, 6.45) is 12.5. The van der Waals surface area contributed by atoms with Crippen LogP contribution < -0.4 is 4.74 Å². The van der Waals surface area contributed by atoms with Gasteiger partial charge in [-0.1, -0.05) is 32.1 Å². The largest absolute Gasteiger partial charge is 0.497 e. The fourth-order valence-electron chi connectivity index (χ4n) is 6.05. The predicted octanol–water partition coefficient (Wildman–Crippen LogP) is 4.59. The number of hydrogen-bond acceptors (Lipinski definition) is 6. The second-order valence-corrected chi connectivity index (χ2v) is 10.6. The molecule has 2 heterocycles. The third-order valence-corrected chi connectivity index (χ3v) is 8.48. The molecule has 6 nitrogen and oxygen atoms in total. The number of nitrogens with zero attached hydrogens (tertiary/aromatic N) is 2. The fraction of sp³-hybridized carbons (Fsp3) is 0.679. The molecule has 1 aromatic carbocycles. The van der Waals surface area contributed by atoms with Crippen LogP contribution in [0.4, 0.5) is 0 Å². The van der Waals surface area contributed by atoms with E-state index in [2.05, 4.69) is 9.88 Å². The first-order valence-electron chi connectivity index (χ1n) is 13.1. The van der Waals surface area contributed by atoms with E-state index in [1.807, 2.05) is 18.2 Å². The first kappa shape index (κ1) is 25.4. The van der Waals surface area contributed by atoms with Crippen LogP contribution in [0.1, 0.15) is 81.4 Å². The summed E-state index contributed by atoms with van der Waals surface area (Å²) in [5, 5.41) is 32.3. The summed E-state index contributed by atoms with van der Waals surface area (Å²) in [5.41, 5.74) is 2.01. The molecule has 4 rings (SSSR count). The Bertz CT molecular complexity index is 915. The van der Waals surface area contributed by atoms with E-state index >= 15 is 0 Å². The standard InChI is InChI=1S/C28H42N2O4/c1-34-23-7-8-25-24(17-23)27(22(19-31)18-29-25)26(33)9-11-28(20-32)12-15-30(16-13-28)14-10-21-5-3-2-4-6-21/h7-8,17-18,21,26,31-33H,2-6,9-16,19-20H2,1H3/t26-/m1/s1. The van der Waals surface area contributed by atoms with Crippen molar-refractivity contribution in [2.24, 2.45) is 11.3 Å². The van der Waals surface area contributed by atoms with Crippen molar-refractivity contribution in [3.05, 3.63) is 35.5 Å². The number of aliphatic hydroxyl groups excluding tert-OH is 3. The molecular formula is C28H42N2O4. The molecule has 188 valence electrons. The van der Waals surface area contributed by atoms with Crippen LogP contribution in [0.25, 0.3) is 10.9 Å². The van der Waals surface area contributed by atoms with Gasteiger partial charge in [0.05, 0.1) is 25.3 Å². The molecule has 34 heavy (non-hydrogen) atoms. The third-order valence-electron chi connectivity index (χ3n) is 8.48. The monoisotopic (exact) mass is 470 g/mol. The van der Waals surface area contributed by atoms with Crippen molar-refractivity contribution in [1.29, 1.82) is 0 Å². The van der Waals surface area contributed by atoms with Gasteiger partial charge >= 0.3 is 0 Å². The Labute approximate surface area is 204 Å². The Morgan fingerprint density at radius 1 is 1.15 bits per heavy atom. The van der Waals surface area contributed by atoms with E-state index < -0.39 is 6.10 Å². The van der Waals surface area contributed by atoms with Gasteiger partial charge in [0.25, 0.3) is 0 Å². The maximum Gasteiger partial charge on any atom is 0.119 e. The number of rotatable bonds is 10. The zero-order valence-corrected chi connectivity index (χ0v) is 20.7. The first-order chi connectivity index (χ1) is 16.6. The van der Waals surface area contributed by atoms with Crippen LogP contribution in [-0.2, 0) is 6.61 Å². The fourth-order valence-corrected chi connectivity index (χ4v) is 6.05. The van der Waals surface area contributed by atoms with Crippen LogP contribution in [0, 0.1) is 11.3 Å². The third kappa shape index (κ3) is 5.91. The number of ether oxygens (including phenoxy) is 1. The molecule has 3 N–H and O–H groups in total. The molecule has 1 aliphatic heterocycles. The first-order valence-corrected chi connectivity index (χ1v) is 13.1. The molecule has 1 saturated carbocycles. The summed E-state index contributed by atoms with van der Waals surface area (Å²) in [4.78, 5) is 7.01. The summed E-state index contributed by atoms with van der Waals surface area (Å²) in [5.74, 6) is 1.60. The maximum absolute atomic E-state index is 11.2. The maximum atomic E-state index is 11.2. The van der Waals surface area contributed by atoms with Gasteiger partial charge in [0.15, 0.2) is 0 Å². The van der Waals surface area contributed by atoms with Crippen LogP contribution in [0.3, 0.4) is 0 Å². The van der Waals surface area contributed by atoms with Crippen LogP contribution in [0.2, 0.25) is 0 Å². The average Bonchev–Trinajstić information content (AvgIpc) is 2.90. The lowest BCUT2D eigenvalue weighted by Crippen LogP contribution is -2.42. The highest BCUT2D eigenvalue weighted by atomic mass is 16.5. The van der Waals surface area contributed by atoms with Crippen molar-refractivity contribution in [1.82, 2.24) is 9.88 Å². The molecule has 2 fully saturated rings. The molecule has 2 aromatic rings. The number of benzene rings is 1. The molecular weight excluding hydrogens is 428 g/mol. The molecule has 1 atom stereocenters. The van der Waals surface area contributed by atoms with E-state index in [9.17, 15) is 15.3 Å². The Balaban J connectivity index is 1.38.